The number of aryl methyl sites for hydroxylation is 1. The van der Waals surface area contributed by atoms with Gasteiger partial charge in [0.1, 0.15) is 5.82 Å². The molecule has 0 saturated heterocycles. The molecule has 5 nitrogen and oxygen atoms in total. The first kappa shape index (κ1) is 21.1. The van der Waals surface area contributed by atoms with Crippen LogP contribution in [0.5, 0.6) is 0 Å². The van der Waals surface area contributed by atoms with Crippen molar-refractivity contribution in [1.29, 1.82) is 0 Å². The molecule has 0 saturated carbocycles. The number of hydrogen-bond donors (Lipinski definition) is 2. The second-order valence-electron chi connectivity index (χ2n) is 6.73. The Hall–Kier alpha value is -2.25. The van der Waals surface area contributed by atoms with Crippen molar-refractivity contribution in [2.24, 2.45) is 0 Å². The van der Waals surface area contributed by atoms with Crippen LogP contribution in [0, 0.1) is 12.7 Å². The van der Waals surface area contributed by atoms with E-state index in [0.717, 1.165) is 5.56 Å². The minimum absolute atomic E-state index is 0.00233. The van der Waals surface area contributed by atoms with E-state index in [-0.39, 0.29) is 36.1 Å². The number of rotatable bonds is 8. The maximum Gasteiger partial charge on any atom is 0.240 e. The summed E-state index contributed by atoms with van der Waals surface area (Å²) in [4.78, 5) is 12.0. The molecule has 0 bridgehead atoms. The SMILES string of the molecule is Cc1ccc(CNC(=O)CCNS(=O)(=O)c2ccc(C(C)C)cc2)cc1F. The highest BCUT2D eigenvalue weighted by atomic mass is 32.2. The second-order valence-corrected chi connectivity index (χ2v) is 8.50. The quantitative estimate of drug-likeness (QED) is 0.724. The van der Waals surface area contributed by atoms with Crippen LogP contribution in [-0.4, -0.2) is 20.9 Å². The molecule has 27 heavy (non-hydrogen) atoms. The number of carbonyl (C=O) groups excluding carboxylic acids is 1. The summed E-state index contributed by atoms with van der Waals surface area (Å²) in [5, 5.41) is 2.65. The fraction of sp³-hybridized carbons (Fsp3) is 0.350. The zero-order valence-electron chi connectivity index (χ0n) is 15.8. The predicted molar refractivity (Wildman–Crippen MR) is 103 cm³/mol. The largest absolute Gasteiger partial charge is 0.352 e. The van der Waals surface area contributed by atoms with E-state index in [4.69, 9.17) is 0 Å². The van der Waals surface area contributed by atoms with Gasteiger partial charge < -0.3 is 5.32 Å². The molecule has 0 aliphatic heterocycles. The van der Waals surface area contributed by atoms with Crippen LogP contribution in [0.4, 0.5) is 4.39 Å². The fourth-order valence-electron chi connectivity index (χ4n) is 2.45. The first-order valence-corrected chi connectivity index (χ1v) is 10.3. The minimum atomic E-state index is -3.66. The summed E-state index contributed by atoms with van der Waals surface area (Å²) in [6, 6.07) is 11.4. The summed E-state index contributed by atoms with van der Waals surface area (Å²) in [6.07, 6.45) is -0.00233. The summed E-state index contributed by atoms with van der Waals surface area (Å²) in [6.45, 7) is 5.92. The molecule has 0 atom stereocenters. The monoisotopic (exact) mass is 392 g/mol. The molecular formula is C20H25FN2O3S. The lowest BCUT2D eigenvalue weighted by atomic mass is 10.0. The molecule has 0 unspecified atom stereocenters. The average molecular weight is 392 g/mol. The van der Waals surface area contributed by atoms with Crippen LogP contribution in [0.2, 0.25) is 0 Å². The number of benzene rings is 2. The van der Waals surface area contributed by atoms with Crippen molar-refractivity contribution in [2.45, 2.75) is 44.6 Å². The molecule has 0 spiro atoms. The van der Waals surface area contributed by atoms with Crippen LogP contribution in [0.15, 0.2) is 47.4 Å². The Balaban J connectivity index is 1.81. The highest BCUT2D eigenvalue weighted by Crippen LogP contribution is 2.17. The number of nitrogens with one attached hydrogen (secondary N) is 2. The molecule has 7 heteroatoms. The molecule has 2 aromatic carbocycles. The normalized spacial score (nSPS) is 11.6. The van der Waals surface area contributed by atoms with Crippen molar-refractivity contribution in [3.63, 3.8) is 0 Å². The van der Waals surface area contributed by atoms with Gasteiger partial charge >= 0.3 is 0 Å². The minimum Gasteiger partial charge on any atom is -0.352 e. The van der Waals surface area contributed by atoms with Gasteiger partial charge in [0.05, 0.1) is 4.90 Å². The zero-order chi connectivity index (χ0) is 20.0. The maximum absolute atomic E-state index is 13.5. The van der Waals surface area contributed by atoms with Gasteiger partial charge in [0.15, 0.2) is 0 Å². The van der Waals surface area contributed by atoms with Crippen molar-refractivity contribution < 1.29 is 17.6 Å². The first-order chi connectivity index (χ1) is 12.7. The third-order valence-electron chi connectivity index (χ3n) is 4.23. The Morgan fingerprint density at radius 3 is 2.37 bits per heavy atom. The lowest BCUT2D eigenvalue weighted by Crippen LogP contribution is -2.30. The van der Waals surface area contributed by atoms with Crippen molar-refractivity contribution in [3.05, 3.63) is 65.0 Å². The smallest absolute Gasteiger partial charge is 0.240 e. The van der Waals surface area contributed by atoms with Crippen LogP contribution in [-0.2, 0) is 21.4 Å². The highest BCUT2D eigenvalue weighted by molar-refractivity contribution is 7.89. The second kappa shape index (κ2) is 9.10. The molecular weight excluding hydrogens is 367 g/mol. The Morgan fingerprint density at radius 1 is 1.11 bits per heavy atom. The van der Waals surface area contributed by atoms with Crippen molar-refractivity contribution in [2.75, 3.05) is 6.54 Å². The van der Waals surface area contributed by atoms with Gasteiger partial charge in [-0.15, -0.1) is 0 Å². The van der Waals surface area contributed by atoms with Gasteiger partial charge in [0.25, 0.3) is 0 Å². The Bertz CT molecular complexity index is 894. The number of hydrogen-bond acceptors (Lipinski definition) is 3. The topological polar surface area (TPSA) is 75.3 Å². The van der Waals surface area contributed by atoms with E-state index in [1.165, 1.54) is 6.07 Å². The molecule has 0 heterocycles. The molecule has 2 aromatic rings. The van der Waals surface area contributed by atoms with Crippen LogP contribution in [0.25, 0.3) is 0 Å². The zero-order valence-corrected chi connectivity index (χ0v) is 16.6. The standard InChI is InChI=1S/C20H25FN2O3S/c1-14(2)17-6-8-18(9-7-17)27(25,26)23-11-10-20(24)22-13-16-5-4-15(3)19(21)12-16/h4-9,12,14,23H,10-11,13H2,1-3H3,(H,22,24). The van der Waals surface area contributed by atoms with Crippen molar-refractivity contribution in [3.8, 4) is 0 Å². The first-order valence-electron chi connectivity index (χ1n) is 8.80. The van der Waals surface area contributed by atoms with E-state index in [1.54, 1.807) is 43.3 Å². The number of sulfonamides is 1. The number of amides is 1. The Morgan fingerprint density at radius 2 is 1.78 bits per heavy atom. The van der Waals surface area contributed by atoms with Gasteiger partial charge in [-0.25, -0.2) is 17.5 Å². The summed E-state index contributed by atoms with van der Waals surface area (Å²) in [5.74, 6) is -0.313. The van der Waals surface area contributed by atoms with Crippen LogP contribution in [0.3, 0.4) is 0 Å². The number of halogens is 1. The third kappa shape index (κ3) is 6.15. The summed E-state index contributed by atoms with van der Waals surface area (Å²) >= 11 is 0. The highest BCUT2D eigenvalue weighted by Gasteiger charge is 2.14. The van der Waals surface area contributed by atoms with Gasteiger partial charge in [0.2, 0.25) is 15.9 Å². The fourth-order valence-corrected chi connectivity index (χ4v) is 3.48. The maximum atomic E-state index is 13.5. The summed E-state index contributed by atoms with van der Waals surface area (Å²) in [5.41, 5.74) is 2.25. The van der Waals surface area contributed by atoms with Crippen LogP contribution in [0.1, 0.15) is 42.9 Å². The summed E-state index contributed by atoms with van der Waals surface area (Å²) < 4.78 is 40.4. The predicted octanol–water partition coefficient (Wildman–Crippen LogP) is 3.24. The van der Waals surface area contributed by atoms with Crippen molar-refractivity contribution >= 4 is 15.9 Å². The summed E-state index contributed by atoms with van der Waals surface area (Å²) in [7, 11) is -3.66. The Labute approximate surface area is 160 Å². The van der Waals surface area contributed by atoms with E-state index < -0.39 is 10.0 Å². The van der Waals surface area contributed by atoms with E-state index in [0.29, 0.717) is 17.0 Å². The molecule has 1 amide bonds. The van der Waals surface area contributed by atoms with Gasteiger partial charge in [-0.2, -0.15) is 0 Å². The molecule has 2 N–H and O–H groups in total. The van der Waals surface area contributed by atoms with E-state index in [9.17, 15) is 17.6 Å². The Kier molecular flexibility index (Phi) is 7.10. The van der Waals surface area contributed by atoms with Gasteiger partial charge in [-0.05, 0) is 47.7 Å². The van der Waals surface area contributed by atoms with Crippen molar-refractivity contribution in [1.82, 2.24) is 10.0 Å². The molecule has 0 aliphatic carbocycles. The molecule has 0 aromatic heterocycles. The molecule has 2 rings (SSSR count). The van der Waals surface area contributed by atoms with E-state index >= 15 is 0 Å². The molecule has 146 valence electrons. The van der Waals surface area contributed by atoms with E-state index in [2.05, 4.69) is 10.0 Å². The lowest BCUT2D eigenvalue weighted by molar-refractivity contribution is -0.121. The van der Waals surface area contributed by atoms with Gasteiger partial charge in [-0.3, -0.25) is 4.79 Å². The van der Waals surface area contributed by atoms with Crippen LogP contribution < -0.4 is 10.0 Å². The van der Waals surface area contributed by atoms with E-state index in [1.807, 2.05) is 13.8 Å². The third-order valence-corrected chi connectivity index (χ3v) is 5.70. The molecule has 0 radical (unpaired) electrons. The molecule has 0 aliphatic rings. The van der Waals surface area contributed by atoms with Gasteiger partial charge in [-0.1, -0.05) is 38.1 Å². The lowest BCUT2D eigenvalue weighted by Gasteiger charge is -2.10. The number of carbonyl (C=O) groups is 1. The van der Waals surface area contributed by atoms with Crippen LogP contribution >= 0.6 is 0 Å². The van der Waals surface area contributed by atoms with Gasteiger partial charge in [0, 0.05) is 19.5 Å². The molecule has 0 fully saturated rings. The average Bonchev–Trinajstić information content (AvgIpc) is 2.62.